The molecule has 0 aliphatic heterocycles. The van der Waals surface area contributed by atoms with Gasteiger partial charge >= 0.3 is 0 Å². The van der Waals surface area contributed by atoms with Crippen molar-refractivity contribution in [2.75, 3.05) is 4.90 Å². The number of phenols is 2. The summed E-state index contributed by atoms with van der Waals surface area (Å²) in [5.41, 5.74) is 3.84. The van der Waals surface area contributed by atoms with E-state index in [1.807, 2.05) is 61.2 Å². The minimum atomic E-state index is 0.264. The first-order chi connectivity index (χ1) is 12.0. The van der Waals surface area contributed by atoms with Crippen molar-refractivity contribution in [3.8, 4) is 11.5 Å². The number of anilines is 1. The van der Waals surface area contributed by atoms with Gasteiger partial charge in [-0.2, -0.15) is 0 Å². The molecule has 0 atom stereocenters. The average Bonchev–Trinajstić information content (AvgIpc) is 2.61. The Balaban J connectivity index is 1.95. The van der Waals surface area contributed by atoms with Crippen LogP contribution in [0.25, 0.3) is 0 Å². The number of hydrogen-bond acceptors (Lipinski definition) is 4. The van der Waals surface area contributed by atoms with E-state index in [0.717, 1.165) is 28.1 Å². The second kappa shape index (κ2) is 7.26. The van der Waals surface area contributed by atoms with Gasteiger partial charge < -0.3 is 15.1 Å². The largest absolute Gasteiger partial charge is 0.508 e. The zero-order valence-corrected chi connectivity index (χ0v) is 14.5. The summed E-state index contributed by atoms with van der Waals surface area (Å²) < 4.78 is 0. The van der Waals surface area contributed by atoms with E-state index in [-0.39, 0.29) is 11.5 Å². The molecule has 0 unspecified atom stereocenters. The van der Waals surface area contributed by atoms with E-state index >= 15 is 0 Å². The van der Waals surface area contributed by atoms with Gasteiger partial charge in [0.05, 0.1) is 0 Å². The maximum absolute atomic E-state index is 10.2. The van der Waals surface area contributed by atoms with Crippen LogP contribution in [0, 0.1) is 13.8 Å². The second-order valence-electron chi connectivity index (χ2n) is 6.31. The molecular weight excluding hydrogens is 312 g/mol. The molecule has 0 amide bonds. The Morgan fingerprint density at radius 2 is 1.36 bits per heavy atom. The number of aromatic nitrogens is 1. The number of aryl methyl sites for hydroxylation is 2. The van der Waals surface area contributed by atoms with Crippen LogP contribution < -0.4 is 4.90 Å². The summed E-state index contributed by atoms with van der Waals surface area (Å²) in [5.74, 6) is 1.32. The molecule has 2 N–H and O–H groups in total. The molecule has 0 saturated heterocycles. The van der Waals surface area contributed by atoms with E-state index in [1.165, 1.54) is 0 Å². The highest BCUT2D eigenvalue weighted by atomic mass is 16.3. The molecule has 0 spiro atoms. The Bertz CT molecular complexity index is 810. The van der Waals surface area contributed by atoms with Crippen molar-refractivity contribution in [1.29, 1.82) is 0 Å². The highest BCUT2D eigenvalue weighted by molar-refractivity contribution is 5.46. The highest BCUT2D eigenvalue weighted by Crippen LogP contribution is 2.26. The minimum Gasteiger partial charge on any atom is -0.508 e. The number of nitrogens with zero attached hydrogens (tertiary/aromatic N) is 2. The Kier molecular flexibility index (Phi) is 4.89. The van der Waals surface area contributed by atoms with Crippen LogP contribution in [-0.4, -0.2) is 15.2 Å². The van der Waals surface area contributed by atoms with Gasteiger partial charge in [-0.3, -0.25) is 0 Å². The SMILES string of the molecule is Cc1ccc(O)c(CN(Cc2cc(C)ccc2O)c2ccccn2)c1. The van der Waals surface area contributed by atoms with E-state index in [4.69, 9.17) is 0 Å². The van der Waals surface area contributed by atoms with E-state index in [9.17, 15) is 10.2 Å². The fourth-order valence-electron chi connectivity index (χ4n) is 2.85. The molecule has 128 valence electrons. The molecule has 3 rings (SSSR count). The fraction of sp³-hybridized carbons (Fsp3) is 0.190. The van der Waals surface area contributed by atoms with Gasteiger partial charge in [0.25, 0.3) is 0 Å². The van der Waals surface area contributed by atoms with Gasteiger partial charge in [0.15, 0.2) is 0 Å². The van der Waals surface area contributed by atoms with Gasteiger partial charge in [0.1, 0.15) is 17.3 Å². The summed E-state index contributed by atoms with van der Waals surface area (Å²) in [7, 11) is 0. The van der Waals surface area contributed by atoms with Crippen LogP contribution in [0.1, 0.15) is 22.3 Å². The smallest absolute Gasteiger partial charge is 0.129 e. The molecule has 4 heteroatoms. The minimum absolute atomic E-state index is 0.264. The number of rotatable bonds is 5. The standard InChI is InChI=1S/C21H22N2O2/c1-15-6-8-19(24)17(11-15)13-23(21-5-3-4-10-22-21)14-18-12-16(2)7-9-20(18)25/h3-12,24-25H,13-14H2,1-2H3. The van der Waals surface area contributed by atoms with Gasteiger partial charge in [-0.05, 0) is 38.1 Å². The summed E-state index contributed by atoms with van der Waals surface area (Å²) >= 11 is 0. The second-order valence-corrected chi connectivity index (χ2v) is 6.31. The van der Waals surface area contributed by atoms with Crippen molar-refractivity contribution in [2.45, 2.75) is 26.9 Å². The Labute approximate surface area is 148 Å². The normalized spacial score (nSPS) is 10.6. The van der Waals surface area contributed by atoms with Crippen LogP contribution in [0.3, 0.4) is 0 Å². The number of hydrogen-bond donors (Lipinski definition) is 2. The third kappa shape index (κ3) is 4.10. The Morgan fingerprint density at radius 1 is 0.800 bits per heavy atom. The summed E-state index contributed by atoms with van der Waals surface area (Å²) in [6.45, 7) is 5.00. The van der Waals surface area contributed by atoms with Gasteiger partial charge in [0, 0.05) is 30.4 Å². The number of phenolic OH excluding ortho intramolecular Hbond substituents is 2. The quantitative estimate of drug-likeness (QED) is 0.730. The number of pyridine rings is 1. The maximum Gasteiger partial charge on any atom is 0.129 e. The van der Waals surface area contributed by atoms with Crippen LogP contribution in [0.4, 0.5) is 5.82 Å². The molecule has 1 aromatic heterocycles. The molecular formula is C21H22N2O2. The van der Waals surface area contributed by atoms with E-state index < -0.39 is 0 Å². The van der Waals surface area contributed by atoms with Gasteiger partial charge in [-0.1, -0.05) is 41.5 Å². The summed E-state index contributed by atoms with van der Waals surface area (Å²) in [4.78, 5) is 6.48. The van der Waals surface area contributed by atoms with Crippen molar-refractivity contribution < 1.29 is 10.2 Å². The maximum atomic E-state index is 10.2. The van der Waals surface area contributed by atoms with Gasteiger partial charge in [-0.25, -0.2) is 4.98 Å². The molecule has 0 radical (unpaired) electrons. The lowest BCUT2D eigenvalue weighted by molar-refractivity contribution is 0.463. The molecule has 25 heavy (non-hydrogen) atoms. The van der Waals surface area contributed by atoms with E-state index in [0.29, 0.717) is 13.1 Å². The van der Waals surface area contributed by atoms with Crippen LogP contribution in [0.5, 0.6) is 11.5 Å². The monoisotopic (exact) mass is 334 g/mol. The molecule has 0 aliphatic carbocycles. The van der Waals surface area contributed by atoms with Gasteiger partial charge in [-0.15, -0.1) is 0 Å². The van der Waals surface area contributed by atoms with E-state index in [1.54, 1.807) is 18.3 Å². The summed E-state index contributed by atoms with van der Waals surface area (Å²) in [6, 6.07) is 16.9. The third-order valence-corrected chi connectivity index (χ3v) is 4.17. The summed E-state index contributed by atoms with van der Waals surface area (Å²) in [5, 5.41) is 20.4. The molecule has 1 heterocycles. The first-order valence-corrected chi connectivity index (χ1v) is 8.26. The third-order valence-electron chi connectivity index (χ3n) is 4.17. The van der Waals surface area contributed by atoms with Crippen LogP contribution in [0.2, 0.25) is 0 Å². The lowest BCUT2D eigenvalue weighted by atomic mass is 10.1. The number of aromatic hydroxyl groups is 2. The molecule has 0 bridgehead atoms. The zero-order chi connectivity index (χ0) is 17.8. The van der Waals surface area contributed by atoms with Crippen LogP contribution in [-0.2, 0) is 13.1 Å². The Hall–Kier alpha value is -3.01. The molecule has 2 aromatic carbocycles. The molecule has 3 aromatic rings. The van der Waals surface area contributed by atoms with Gasteiger partial charge in [0.2, 0.25) is 0 Å². The molecule has 0 saturated carbocycles. The average molecular weight is 334 g/mol. The van der Waals surface area contributed by atoms with Crippen molar-refractivity contribution in [3.63, 3.8) is 0 Å². The van der Waals surface area contributed by atoms with Crippen molar-refractivity contribution in [3.05, 3.63) is 83.0 Å². The van der Waals surface area contributed by atoms with Crippen LogP contribution in [0.15, 0.2) is 60.8 Å². The zero-order valence-electron chi connectivity index (χ0n) is 14.5. The van der Waals surface area contributed by atoms with Crippen LogP contribution >= 0.6 is 0 Å². The lowest BCUT2D eigenvalue weighted by Gasteiger charge is -2.25. The topological polar surface area (TPSA) is 56.6 Å². The predicted molar refractivity (Wildman–Crippen MR) is 99.8 cm³/mol. The van der Waals surface area contributed by atoms with Crippen molar-refractivity contribution in [2.24, 2.45) is 0 Å². The Morgan fingerprint density at radius 3 is 1.84 bits per heavy atom. The highest BCUT2D eigenvalue weighted by Gasteiger charge is 2.14. The predicted octanol–water partition coefficient (Wildman–Crippen LogP) is 4.32. The summed E-state index contributed by atoms with van der Waals surface area (Å²) in [6.07, 6.45) is 1.74. The first kappa shape index (κ1) is 16.8. The van der Waals surface area contributed by atoms with Crippen molar-refractivity contribution in [1.82, 2.24) is 4.98 Å². The number of benzene rings is 2. The molecule has 0 aliphatic rings. The molecule has 0 fully saturated rings. The van der Waals surface area contributed by atoms with Crippen molar-refractivity contribution >= 4 is 5.82 Å². The first-order valence-electron chi connectivity index (χ1n) is 8.26. The molecule has 4 nitrogen and oxygen atoms in total. The fourth-order valence-corrected chi connectivity index (χ4v) is 2.85. The lowest BCUT2D eigenvalue weighted by Crippen LogP contribution is -2.23. The van der Waals surface area contributed by atoms with E-state index in [2.05, 4.69) is 4.98 Å².